The normalized spacial score (nSPS) is 10.9. The van der Waals surface area contributed by atoms with Crippen LogP contribution >= 0.6 is 11.6 Å². The minimum atomic E-state index is -0.342. The second-order valence-corrected chi connectivity index (χ2v) is 7.26. The van der Waals surface area contributed by atoms with Crippen LogP contribution in [0.15, 0.2) is 53.4 Å². The van der Waals surface area contributed by atoms with Crippen molar-refractivity contribution in [3.63, 3.8) is 0 Å². The summed E-state index contributed by atoms with van der Waals surface area (Å²) in [6.07, 6.45) is 3.68. The van der Waals surface area contributed by atoms with E-state index in [0.29, 0.717) is 40.6 Å². The molecule has 0 spiro atoms. The summed E-state index contributed by atoms with van der Waals surface area (Å²) in [5, 5.41) is 11.2. The summed E-state index contributed by atoms with van der Waals surface area (Å²) in [5.41, 5.74) is 8.31. The predicted molar refractivity (Wildman–Crippen MR) is 117 cm³/mol. The molecule has 0 aliphatic carbocycles. The van der Waals surface area contributed by atoms with Gasteiger partial charge in [0.2, 0.25) is 5.91 Å². The Morgan fingerprint density at radius 2 is 2.09 bits per heavy atom. The van der Waals surface area contributed by atoms with E-state index in [9.17, 15) is 9.18 Å². The molecule has 0 unspecified atom stereocenters. The number of rotatable bonds is 8. The van der Waals surface area contributed by atoms with Gasteiger partial charge >= 0.3 is 0 Å². The van der Waals surface area contributed by atoms with Crippen LogP contribution in [0, 0.1) is 5.82 Å². The van der Waals surface area contributed by atoms with Gasteiger partial charge in [-0.3, -0.25) is 9.48 Å². The Hall–Kier alpha value is -3.79. The van der Waals surface area contributed by atoms with E-state index in [0.717, 1.165) is 0 Å². The minimum absolute atomic E-state index is 0.0980. The Morgan fingerprint density at radius 1 is 1.25 bits per heavy atom. The van der Waals surface area contributed by atoms with E-state index in [-0.39, 0.29) is 36.3 Å². The molecule has 0 saturated carbocycles. The number of nitrogens with one attached hydrogen (secondary N) is 1. The first kappa shape index (κ1) is 21.4. The van der Waals surface area contributed by atoms with E-state index in [1.807, 2.05) is 0 Å². The molecule has 9 nitrogen and oxygen atoms in total. The maximum Gasteiger partial charge on any atom is 0.224 e. The molecule has 164 valence electrons. The second kappa shape index (κ2) is 9.56. The number of carbonyl (C=O) groups excluding carboxylic acids is 1. The monoisotopic (exact) mass is 455 g/mol. The summed E-state index contributed by atoms with van der Waals surface area (Å²) in [7, 11) is 0. The van der Waals surface area contributed by atoms with Gasteiger partial charge in [0, 0.05) is 23.9 Å². The van der Waals surface area contributed by atoms with Crippen molar-refractivity contribution in [3.05, 3.63) is 60.2 Å². The smallest absolute Gasteiger partial charge is 0.224 e. The lowest BCUT2D eigenvalue weighted by Crippen LogP contribution is -2.14. The fourth-order valence-electron chi connectivity index (χ4n) is 3.04. The molecule has 3 N–H and O–H groups in total. The number of nitrogens with zero attached hydrogens (tertiary/aromatic N) is 5. The molecule has 0 atom stereocenters. The van der Waals surface area contributed by atoms with Crippen LogP contribution in [0.25, 0.3) is 22.9 Å². The summed E-state index contributed by atoms with van der Waals surface area (Å²) >= 11 is 5.61. The van der Waals surface area contributed by atoms with Gasteiger partial charge in [-0.1, -0.05) is 23.4 Å². The first-order valence-electron chi connectivity index (χ1n) is 9.76. The van der Waals surface area contributed by atoms with Gasteiger partial charge in [-0.25, -0.2) is 14.4 Å². The zero-order chi connectivity index (χ0) is 22.5. The highest BCUT2D eigenvalue weighted by atomic mass is 35.5. The zero-order valence-electron chi connectivity index (χ0n) is 16.8. The van der Waals surface area contributed by atoms with Gasteiger partial charge in [0.15, 0.2) is 11.6 Å². The standard InChI is InChI=1S/C21H19ClFN7O2/c22-8-3-6-19(31)26-17-11-25-21(27-20(17)24)16-10-18(15-7-9-32-29-15)30(28-16)12-13-4-1-2-5-14(13)23/h1-2,4-5,7,9-11H,3,6,8,12H2,(H,26,31)(H2,24,25,27). The number of hydrogen-bond donors (Lipinski definition) is 2. The average molecular weight is 456 g/mol. The third-order valence-electron chi connectivity index (χ3n) is 4.62. The van der Waals surface area contributed by atoms with Crippen LogP contribution in [-0.4, -0.2) is 36.7 Å². The highest BCUT2D eigenvalue weighted by Crippen LogP contribution is 2.26. The lowest BCUT2D eigenvalue weighted by molar-refractivity contribution is -0.116. The molecule has 4 rings (SSSR count). The number of aromatic nitrogens is 5. The summed E-state index contributed by atoms with van der Waals surface area (Å²) in [6, 6.07) is 9.83. The number of anilines is 2. The maximum atomic E-state index is 14.2. The van der Waals surface area contributed by atoms with Crippen LogP contribution in [0.1, 0.15) is 18.4 Å². The van der Waals surface area contributed by atoms with Gasteiger partial charge in [0.05, 0.1) is 18.4 Å². The Morgan fingerprint density at radius 3 is 2.81 bits per heavy atom. The number of halogens is 2. The fourth-order valence-corrected chi connectivity index (χ4v) is 3.17. The summed E-state index contributed by atoms with van der Waals surface area (Å²) < 4.78 is 20.7. The molecule has 4 aromatic rings. The molecular weight excluding hydrogens is 437 g/mol. The van der Waals surface area contributed by atoms with Gasteiger partial charge < -0.3 is 15.6 Å². The van der Waals surface area contributed by atoms with E-state index in [1.165, 1.54) is 18.5 Å². The lowest BCUT2D eigenvalue weighted by Gasteiger charge is -2.08. The fraction of sp³-hybridized carbons (Fsp3) is 0.190. The molecule has 0 radical (unpaired) electrons. The number of benzene rings is 1. The first-order valence-corrected chi connectivity index (χ1v) is 10.3. The van der Waals surface area contributed by atoms with Gasteiger partial charge in [0.25, 0.3) is 0 Å². The van der Waals surface area contributed by atoms with Crippen LogP contribution in [0.3, 0.4) is 0 Å². The first-order chi connectivity index (χ1) is 15.5. The molecule has 1 amide bonds. The number of hydrogen-bond acceptors (Lipinski definition) is 7. The Kier molecular flexibility index (Phi) is 6.41. The Bertz CT molecular complexity index is 1230. The average Bonchev–Trinajstić information content (AvgIpc) is 3.45. The maximum absolute atomic E-state index is 14.2. The molecule has 1 aromatic carbocycles. The number of nitrogens with two attached hydrogens (primary N) is 1. The van der Waals surface area contributed by atoms with Crippen LogP contribution < -0.4 is 11.1 Å². The molecule has 3 aromatic heterocycles. The van der Waals surface area contributed by atoms with E-state index in [2.05, 4.69) is 25.5 Å². The molecule has 0 saturated heterocycles. The molecule has 0 aliphatic heterocycles. The molecule has 11 heteroatoms. The molecule has 32 heavy (non-hydrogen) atoms. The van der Waals surface area contributed by atoms with Crippen molar-refractivity contribution in [2.45, 2.75) is 19.4 Å². The Balaban J connectivity index is 1.64. The molecule has 3 heterocycles. The van der Waals surface area contributed by atoms with Crippen LogP contribution in [0.4, 0.5) is 15.9 Å². The minimum Gasteiger partial charge on any atom is -0.382 e. The van der Waals surface area contributed by atoms with Crippen molar-refractivity contribution in [3.8, 4) is 22.9 Å². The lowest BCUT2D eigenvalue weighted by atomic mass is 10.2. The van der Waals surface area contributed by atoms with Crippen LogP contribution in [0.5, 0.6) is 0 Å². The van der Waals surface area contributed by atoms with Crippen molar-refractivity contribution in [1.29, 1.82) is 0 Å². The molecule has 0 bridgehead atoms. The number of alkyl halides is 1. The molecule has 0 aliphatic rings. The SMILES string of the molecule is Nc1nc(-c2cc(-c3ccon3)n(Cc3ccccc3F)n2)ncc1NC(=O)CCCCl. The van der Waals surface area contributed by atoms with Crippen molar-refractivity contribution in [1.82, 2.24) is 24.9 Å². The largest absolute Gasteiger partial charge is 0.382 e. The quantitative estimate of drug-likeness (QED) is 0.388. The third-order valence-corrected chi connectivity index (χ3v) is 4.88. The summed E-state index contributed by atoms with van der Waals surface area (Å²) in [6.45, 7) is 0.166. The number of amides is 1. The highest BCUT2D eigenvalue weighted by Gasteiger charge is 2.18. The van der Waals surface area contributed by atoms with E-state index >= 15 is 0 Å². The summed E-state index contributed by atoms with van der Waals surface area (Å²) in [5.74, 6) is 0.169. The van der Waals surface area contributed by atoms with Crippen LogP contribution in [-0.2, 0) is 11.3 Å². The molecular formula is C21H19ClFN7O2. The van der Waals surface area contributed by atoms with Crippen molar-refractivity contribution < 1.29 is 13.7 Å². The van der Waals surface area contributed by atoms with E-state index in [4.69, 9.17) is 21.9 Å². The highest BCUT2D eigenvalue weighted by molar-refractivity contribution is 6.18. The summed E-state index contributed by atoms with van der Waals surface area (Å²) in [4.78, 5) is 20.5. The topological polar surface area (TPSA) is 125 Å². The van der Waals surface area contributed by atoms with Gasteiger partial charge in [0.1, 0.15) is 29.2 Å². The van der Waals surface area contributed by atoms with Crippen molar-refractivity contribution in [2.24, 2.45) is 0 Å². The molecule has 0 fully saturated rings. The number of carbonyl (C=O) groups is 1. The van der Waals surface area contributed by atoms with E-state index < -0.39 is 0 Å². The zero-order valence-corrected chi connectivity index (χ0v) is 17.6. The Labute approximate surface area is 187 Å². The van der Waals surface area contributed by atoms with Gasteiger partial charge in [-0.2, -0.15) is 5.10 Å². The van der Waals surface area contributed by atoms with Gasteiger partial charge in [-0.15, -0.1) is 11.6 Å². The van der Waals surface area contributed by atoms with Crippen molar-refractivity contribution >= 4 is 29.0 Å². The van der Waals surface area contributed by atoms with Crippen LogP contribution in [0.2, 0.25) is 0 Å². The van der Waals surface area contributed by atoms with E-state index in [1.54, 1.807) is 35.0 Å². The second-order valence-electron chi connectivity index (χ2n) is 6.88. The third kappa shape index (κ3) is 4.75. The van der Waals surface area contributed by atoms with Crippen molar-refractivity contribution in [2.75, 3.05) is 16.9 Å². The predicted octanol–water partition coefficient (Wildman–Crippen LogP) is 3.72. The van der Waals surface area contributed by atoms with Gasteiger partial charge in [-0.05, 0) is 18.6 Å². The number of nitrogen functional groups attached to an aromatic ring is 1.